The third kappa shape index (κ3) is 1.49. The van der Waals surface area contributed by atoms with Crippen molar-refractivity contribution in [3.05, 3.63) is 22.2 Å². The van der Waals surface area contributed by atoms with E-state index in [1.807, 2.05) is 0 Å². The molecule has 0 atom stereocenters. The van der Waals surface area contributed by atoms with Gasteiger partial charge in [0.2, 0.25) is 0 Å². The van der Waals surface area contributed by atoms with E-state index in [9.17, 15) is 4.39 Å². The monoisotopic (exact) mass is 221 g/mol. The van der Waals surface area contributed by atoms with Crippen molar-refractivity contribution >= 4 is 15.9 Å². The molecule has 11 heavy (non-hydrogen) atoms. The summed E-state index contributed by atoms with van der Waals surface area (Å²) in [7, 11) is 0. The normalized spacial score (nSPS) is 10.1. The van der Waals surface area contributed by atoms with E-state index in [0.717, 1.165) is 0 Å². The highest BCUT2D eigenvalue weighted by atomic mass is 79.9. The number of aromatic hydroxyl groups is 1. The summed E-state index contributed by atoms with van der Waals surface area (Å²) in [5.74, 6) is -1.58. The Labute approximate surface area is 70.6 Å². The van der Waals surface area contributed by atoms with Crippen LogP contribution in [0.15, 0.2) is 10.7 Å². The molecule has 60 valence electrons. The zero-order valence-corrected chi connectivity index (χ0v) is 6.97. The molecule has 0 saturated carbocycles. The van der Waals surface area contributed by atoms with E-state index >= 15 is 0 Å². The van der Waals surface area contributed by atoms with E-state index < -0.39 is 18.3 Å². The second-order valence-electron chi connectivity index (χ2n) is 1.88. The van der Waals surface area contributed by atoms with Crippen molar-refractivity contribution in [1.82, 2.24) is 4.98 Å². The third-order valence-corrected chi connectivity index (χ3v) is 1.90. The van der Waals surface area contributed by atoms with Gasteiger partial charge in [-0.15, -0.1) is 0 Å². The third-order valence-electron chi connectivity index (χ3n) is 1.22. The van der Waals surface area contributed by atoms with Crippen LogP contribution in [0.5, 0.6) is 5.75 Å². The fourth-order valence-electron chi connectivity index (χ4n) is 0.640. The number of aromatic nitrogens is 1. The Kier molecular flexibility index (Phi) is 2.41. The van der Waals surface area contributed by atoms with Crippen LogP contribution in [0.1, 0.15) is 5.56 Å². The SMILES string of the molecule is OCc1c(Br)cnc(F)c1O. The van der Waals surface area contributed by atoms with Gasteiger partial charge in [-0.25, -0.2) is 4.98 Å². The number of aliphatic hydroxyl groups is 1. The minimum Gasteiger partial charge on any atom is -0.503 e. The molecule has 0 amide bonds. The van der Waals surface area contributed by atoms with Crippen molar-refractivity contribution in [3.8, 4) is 5.75 Å². The summed E-state index contributed by atoms with van der Waals surface area (Å²) in [5, 5.41) is 17.6. The van der Waals surface area contributed by atoms with Crippen LogP contribution in [0, 0.1) is 5.95 Å². The summed E-state index contributed by atoms with van der Waals surface area (Å²) < 4.78 is 12.8. The molecule has 0 aliphatic carbocycles. The lowest BCUT2D eigenvalue weighted by molar-refractivity contribution is 0.271. The first kappa shape index (κ1) is 8.42. The van der Waals surface area contributed by atoms with E-state index in [0.29, 0.717) is 4.47 Å². The summed E-state index contributed by atoms with van der Waals surface area (Å²) in [6.45, 7) is -0.425. The Hall–Kier alpha value is -0.680. The number of halogens is 2. The molecule has 1 aromatic heterocycles. The van der Waals surface area contributed by atoms with Gasteiger partial charge in [0.25, 0.3) is 5.95 Å². The average Bonchev–Trinajstić information content (AvgIpc) is 1.99. The van der Waals surface area contributed by atoms with Crippen molar-refractivity contribution in [2.75, 3.05) is 0 Å². The molecular weight excluding hydrogens is 217 g/mol. The van der Waals surface area contributed by atoms with Crippen LogP contribution in [0.4, 0.5) is 4.39 Å². The average molecular weight is 222 g/mol. The van der Waals surface area contributed by atoms with Gasteiger partial charge in [0.05, 0.1) is 6.61 Å². The number of pyridine rings is 1. The summed E-state index contributed by atoms with van der Waals surface area (Å²) >= 11 is 2.99. The molecule has 0 aliphatic rings. The molecule has 0 aliphatic heterocycles. The second kappa shape index (κ2) is 3.15. The number of aliphatic hydroxyl groups excluding tert-OH is 1. The minimum absolute atomic E-state index is 0.109. The molecule has 2 N–H and O–H groups in total. The first-order valence-electron chi connectivity index (χ1n) is 2.79. The quantitative estimate of drug-likeness (QED) is 0.701. The van der Waals surface area contributed by atoms with Crippen molar-refractivity contribution in [2.45, 2.75) is 6.61 Å². The van der Waals surface area contributed by atoms with Crippen LogP contribution >= 0.6 is 15.9 Å². The first-order valence-corrected chi connectivity index (χ1v) is 3.58. The molecule has 0 radical (unpaired) electrons. The molecule has 0 fully saturated rings. The zero-order chi connectivity index (χ0) is 8.43. The van der Waals surface area contributed by atoms with Crippen LogP contribution in [0.3, 0.4) is 0 Å². The number of hydrogen-bond donors (Lipinski definition) is 2. The van der Waals surface area contributed by atoms with Gasteiger partial charge in [0, 0.05) is 16.2 Å². The van der Waals surface area contributed by atoms with E-state index in [4.69, 9.17) is 10.2 Å². The lowest BCUT2D eigenvalue weighted by atomic mass is 10.2. The molecule has 0 bridgehead atoms. The van der Waals surface area contributed by atoms with Gasteiger partial charge >= 0.3 is 0 Å². The van der Waals surface area contributed by atoms with Gasteiger partial charge in [-0.1, -0.05) is 0 Å². The van der Waals surface area contributed by atoms with Crippen LogP contribution in [-0.2, 0) is 6.61 Å². The Bertz CT molecular complexity index is 280. The molecule has 0 saturated heterocycles. The Balaban J connectivity index is 3.29. The molecule has 0 spiro atoms. The highest BCUT2D eigenvalue weighted by Crippen LogP contribution is 2.26. The van der Waals surface area contributed by atoms with E-state index in [-0.39, 0.29) is 5.56 Å². The van der Waals surface area contributed by atoms with Gasteiger partial charge in [0.15, 0.2) is 5.75 Å². The lowest BCUT2D eigenvalue weighted by Gasteiger charge is -2.02. The Morgan fingerprint density at radius 3 is 2.73 bits per heavy atom. The number of hydrogen-bond acceptors (Lipinski definition) is 3. The van der Waals surface area contributed by atoms with Crippen LogP contribution < -0.4 is 0 Å². The Morgan fingerprint density at radius 2 is 2.27 bits per heavy atom. The first-order chi connectivity index (χ1) is 5.16. The summed E-state index contributed by atoms with van der Waals surface area (Å²) in [5.41, 5.74) is 0.109. The minimum atomic E-state index is -0.975. The van der Waals surface area contributed by atoms with E-state index in [2.05, 4.69) is 20.9 Å². The summed E-state index contributed by atoms with van der Waals surface area (Å²) in [6, 6.07) is 0. The topological polar surface area (TPSA) is 53.4 Å². The molecule has 0 unspecified atom stereocenters. The summed E-state index contributed by atoms with van der Waals surface area (Å²) in [6.07, 6.45) is 1.18. The van der Waals surface area contributed by atoms with Crippen molar-refractivity contribution < 1.29 is 14.6 Å². The molecule has 1 rings (SSSR count). The number of nitrogens with zero attached hydrogens (tertiary/aromatic N) is 1. The van der Waals surface area contributed by atoms with E-state index in [1.165, 1.54) is 6.20 Å². The predicted octanol–water partition coefficient (Wildman–Crippen LogP) is 1.18. The molecule has 0 aromatic carbocycles. The largest absolute Gasteiger partial charge is 0.503 e. The standard InChI is InChI=1S/C6H5BrFNO2/c7-4-1-9-6(8)5(11)3(4)2-10/h1,10-11H,2H2. The van der Waals surface area contributed by atoms with Gasteiger partial charge in [-0.3, -0.25) is 0 Å². The van der Waals surface area contributed by atoms with Crippen LogP contribution in [0.25, 0.3) is 0 Å². The van der Waals surface area contributed by atoms with Gasteiger partial charge in [-0.2, -0.15) is 4.39 Å². The van der Waals surface area contributed by atoms with Gasteiger partial charge < -0.3 is 10.2 Å². The lowest BCUT2D eigenvalue weighted by Crippen LogP contribution is -1.92. The van der Waals surface area contributed by atoms with Gasteiger partial charge in [-0.05, 0) is 15.9 Å². The van der Waals surface area contributed by atoms with Crippen molar-refractivity contribution in [1.29, 1.82) is 0 Å². The smallest absolute Gasteiger partial charge is 0.255 e. The molecule has 1 aromatic rings. The summed E-state index contributed by atoms with van der Waals surface area (Å²) in [4.78, 5) is 3.21. The molecule has 5 heteroatoms. The molecule has 3 nitrogen and oxygen atoms in total. The molecule has 1 heterocycles. The highest BCUT2D eigenvalue weighted by molar-refractivity contribution is 9.10. The second-order valence-corrected chi connectivity index (χ2v) is 2.74. The van der Waals surface area contributed by atoms with Crippen molar-refractivity contribution in [2.24, 2.45) is 0 Å². The maximum atomic E-state index is 12.5. The highest BCUT2D eigenvalue weighted by Gasteiger charge is 2.10. The fraction of sp³-hybridized carbons (Fsp3) is 0.167. The predicted molar refractivity (Wildman–Crippen MR) is 39.5 cm³/mol. The van der Waals surface area contributed by atoms with E-state index in [1.54, 1.807) is 0 Å². The zero-order valence-electron chi connectivity index (χ0n) is 5.38. The Morgan fingerprint density at radius 1 is 1.64 bits per heavy atom. The number of rotatable bonds is 1. The van der Waals surface area contributed by atoms with Crippen LogP contribution in [0.2, 0.25) is 0 Å². The fourth-order valence-corrected chi connectivity index (χ4v) is 1.06. The maximum absolute atomic E-state index is 12.5. The maximum Gasteiger partial charge on any atom is 0.255 e. The van der Waals surface area contributed by atoms with Gasteiger partial charge in [0.1, 0.15) is 0 Å². The van der Waals surface area contributed by atoms with Crippen molar-refractivity contribution in [3.63, 3.8) is 0 Å². The van der Waals surface area contributed by atoms with Crippen LogP contribution in [-0.4, -0.2) is 15.2 Å². The molecular formula is C6H5BrFNO2.